The lowest BCUT2D eigenvalue weighted by Gasteiger charge is -2.25. The number of hydrogen-bond acceptors (Lipinski definition) is 5. The molecule has 2 aliphatic rings. The number of carbonyl (C=O) groups excluding carboxylic acids is 1. The minimum absolute atomic E-state index is 0.192. The fourth-order valence-corrected chi connectivity index (χ4v) is 4.29. The number of rotatable bonds is 4. The van der Waals surface area contributed by atoms with Crippen molar-refractivity contribution in [1.29, 1.82) is 0 Å². The number of fused-ring (bicyclic) bond motifs is 1. The summed E-state index contributed by atoms with van der Waals surface area (Å²) in [5, 5.41) is 1.04. The van der Waals surface area contributed by atoms with Crippen molar-refractivity contribution >= 4 is 22.8 Å². The van der Waals surface area contributed by atoms with E-state index in [1.54, 1.807) is 13.4 Å². The van der Waals surface area contributed by atoms with Crippen LogP contribution in [0.3, 0.4) is 0 Å². The Balaban J connectivity index is 1.33. The number of H-pyrrole nitrogens is 1. The van der Waals surface area contributed by atoms with Crippen LogP contribution < -0.4 is 9.64 Å². The summed E-state index contributed by atoms with van der Waals surface area (Å²) in [5.41, 5.74) is 2.07. The van der Waals surface area contributed by atoms with E-state index < -0.39 is 0 Å². The monoisotopic (exact) mass is 391 g/mol. The predicted octanol–water partition coefficient (Wildman–Crippen LogP) is 2.64. The van der Waals surface area contributed by atoms with Crippen LogP contribution in [0, 0.1) is 5.41 Å². The molecule has 1 aliphatic carbocycles. The first-order valence-electron chi connectivity index (χ1n) is 10.1. The van der Waals surface area contributed by atoms with Crippen molar-refractivity contribution in [2.24, 2.45) is 5.41 Å². The van der Waals surface area contributed by atoms with E-state index >= 15 is 0 Å². The van der Waals surface area contributed by atoms with Crippen molar-refractivity contribution in [3.8, 4) is 5.75 Å². The molecule has 1 aromatic carbocycles. The molecular weight excluding hydrogens is 366 g/mol. The molecule has 1 amide bonds. The number of aromatic amines is 1. The molecule has 0 radical (unpaired) electrons. The van der Waals surface area contributed by atoms with Crippen molar-refractivity contribution in [1.82, 2.24) is 19.9 Å². The van der Waals surface area contributed by atoms with E-state index in [0.29, 0.717) is 13.0 Å². The van der Waals surface area contributed by atoms with Gasteiger partial charge < -0.3 is 19.5 Å². The summed E-state index contributed by atoms with van der Waals surface area (Å²) >= 11 is 0. The summed E-state index contributed by atoms with van der Waals surface area (Å²) in [6, 6.07) is 9.79. The Labute approximate surface area is 169 Å². The number of nitrogens with one attached hydrogen (secondary N) is 1. The van der Waals surface area contributed by atoms with Gasteiger partial charge in [-0.1, -0.05) is 12.1 Å². The Bertz CT molecular complexity index is 1030. The highest BCUT2D eigenvalue weighted by Crippen LogP contribution is 2.48. The van der Waals surface area contributed by atoms with E-state index in [9.17, 15) is 4.79 Å². The first-order chi connectivity index (χ1) is 14.2. The normalized spacial score (nSPS) is 18.1. The van der Waals surface area contributed by atoms with E-state index in [-0.39, 0.29) is 11.3 Å². The molecule has 3 heterocycles. The summed E-state index contributed by atoms with van der Waals surface area (Å²) in [6.07, 6.45) is 6.27. The highest BCUT2D eigenvalue weighted by Gasteiger charge is 2.47. The highest BCUT2D eigenvalue weighted by atomic mass is 16.5. The Morgan fingerprint density at radius 2 is 1.97 bits per heavy atom. The van der Waals surface area contributed by atoms with Gasteiger partial charge in [-0.05, 0) is 36.6 Å². The SMILES string of the molecule is COc1ccc(CC(=O)N2CCN(c3ncnc4[nH]ccc34)CC3(CC3)C2)cc1. The number of amides is 1. The molecule has 2 aromatic heterocycles. The second-order valence-electron chi connectivity index (χ2n) is 8.20. The number of anilines is 1. The number of hydrogen-bond donors (Lipinski definition) is 1. The van der Waals surface area contributed by atoms with Crippen LogP contribution in [0.5, 0.6) is 5.75 Å². The van der Waals surface area contributed by atoms with Crippen LogP contribution in [-0.2, 0) is 11.2 Å². The largest absolute Gasteiger partial charge is 0.497 e. The molecule has 150 valence electrons. The minimum atomic E-state index is 0.192. The molecule has 1 spiro atoms. The third kappa shape index (κ3) is 3.52. The number of carbonyl (C=O) groups is 1. The molecule has 7 nitrogen and oxygen atoms in total. The average Bonchev–Trinajstić information content (AvgIpc) is 3.39. The van der Waals surface area contributed by atoms with Crippen molar-refractivity contribution in [3.05, 3.63) is 48.4 Å². The van der Waals surface area contributed by atoms with Crippen LogP contribution in [0.1, 0.15) is 18.4 Å². The highest BCUT2D eigenvalue weighted by molar-refractivity contribution is 5.87. The maximum absolute atomic E-state index is 13.1. The molecule has 7 heteroatoms. The third-order valence-corrected chi connectivity index (χ3v) is 6.15. The van der Waals surface area contributed by atoms with Crippen molar-refractivity contribution in [2.75, 3.05) is 38.2 Å². The van der Waals surface area contributed by atoms with Gasteiger partial charge >= 0.3 is 0 Å². The Hall–Kier alpha value is -3.09. The molecule has 3 aromatic rings. The summed E-state index contributed by atoms with van der Waals surface area (Å²) in [6.45, 7) is 3.27. The van der Waals surface area contributed by atoms with E-state index in [1.165, 1.54) is 0 Å². The molecule has 1 aliphatic heterocycles. The second-order valence-corrected chi connectivity index (χ2v) is 8.20. The van der Waals surface area contributed by atoms with Gasteiger partial charge in [0.2, 0.25) is 5.91 Å². The van der Waals surface area contributed by atoms with Gasteiger partial charge in [0.05, 0.1) is 18.9 Å². The smallest absolute Gasteiger partial charge is 0.227 e. The minimum Gasteiger partial charge on any atom is -0.497 e. The van der Waals surface area contributed by atoms with E-state index in [2.05, 4.69) is 19.9 Å². The van der Waals surface area contributed by atoms with Gasteiger partial charge in [-0.3, -0.25) is 4.79 Å². The van der Waals surface area contributed by atoms with Gasteiger partial charge in [-0.2, -0.15) is 0 Å². The summed E-state index contributed by atoms with van der Waals surface area (Å²) in [5.74, 6) is 1.97. The first kappa shape index (κ1) is 18.0. The summed E-state index contributed by atoms with van der Waals surface area (Å²) in [4.78, 5) is 29.5. The van der Waals surface area contributed by atoms with Crippen LogP contribution in [0.15, 0.2) is 42.9 Å². The molecule has 1 N–H and O–H groups in total. The van der Waals surface area contributed by atoms with Crippen molar-refractivity contribution in [3.63, 3.8) is 0 Å². The Kier molecular flexibility index (Phi) is 4.38. The lowest BCUT2D eigenvalue weighted by molar-refractivity contribution is -0.130. The lowest BCUT2D eigenvalue weighted by Crippen LogP contribution is -2.37. The Morgan fingerprint density at radius 3 is 2.72 bits per heavy atom. The topological polar surface area (TPSA) is 74.3 Å². The van der Waals surface area contributed by atoms with Crippen LogP contribution in [0.25, 0.3) is 11.0 Å². The maximum Gasteiger partial charge on any atom is 0.227 e. The van der Waals surface area contributed by atoms with Gasteiger partial charge in [0.15, 0.2) is 0 Å². The predicted molar refractivity (Wildman–Crippen MR) is 111 cm³/mol. The Morgan fingerprint density at radius 1 is 1.14 bits per heavy atom. The van der Waals surface area contributed by atoms with E-state index in [4.69, 9.17) is 4.74 Å². The van der Waals surface area contributed by atoms with Gasteiger partial charge in [-0.25, -0.2) is 9.97 Å². The van der Waals surface area contributed by atoms with E-state index in [0.717, 1.165) is 60.6 Å². The van der Waals surface area contributed by atoms with Crippen LogP contribution >= 0.6 is 0 Å². The molecular formula is C22H25N5O2. The fourth-order valence-electron chi connectivity index (χ4n) is 4.29. The molecule has 5 rings (SSSR count). The van der Waals surface area contributed by atoms with Gasteiger partial charge in [0, 0.05) is 37.8 Å². The van der Waals surface area contributed by atoms with Crippen molar-refractivity contribution in [2.45, 2.75) is 19.3 Å². The number of aromatic nitrogens is 3. The van der Waals surface area contributed by atoms with Crippen LogP contribution in [-0.4, -0.2) is 59.0 Å². The van der Waals surface area contributed by atoms with E-state index in [1.807, 2.05) is 41.4 Å². The molecule has 0 bridgehead atoms. The zero-order valence-electron chi connectivity index (χ0n) is 16.6. The average molecular weight is 391 g/mol. The number of nitrogens with zero attached hydrogens (tertiary/aromatic N) is 4. The van der Waals surface area contributed by atoms with Crippen molar-refractivity contribution < 1.29 is 9.53 Å². The number of ether oxygens (including phenoxy) is 1. The lowest BCUT2D eigenvalue weighted by atomic mass is 10.1. The molecule has 1 saturated heterocycles. The maximum atomic E-state index is 13.1. The van der Waals surface area contributed by atoms with Crippen LogP contribution in [0.4, 0.5) is 5.82 Å². The number of methoxy groups -OCH3 is 1. The van der Waals surface area contributed by atoms with Gasteiger partial charge in [0.25, 0.3) is 0 Å². The quantitative estimate of drug-likeness (QED) is 0.740. The molecule has 0 atom stereocenters. The molecule has 1 saturated carbocycles. The first-order valence-corrected chi connectivity index (χ1v) is 10.1. The summed E-state index contributed by atoms with van der Waals surface area (Å²) < 4.78 is 5.21. The zero-order valence-corrected chi connectivity index (χ0v) is 16.6. The van der Waals surface area contributed by atoms with Gasteiger partial charge in [0.1, 0.15) is 23.5 Å². The zero-order chi connectivity index (χ0) is 19.8. The second kappa shape index (κ2) is 7.06. The summed E-state index contributed by atoms with van der Waals surface area (Å²) in [7, 11) is 1.65. The molecule has 2 fully saturated rings. The van der Waals surface area contributed by atoms with Gasteiger partial charge in [-0.15, -0.1) is 0 Å². The van der Waals surface area contributed by atoms with Crippen LogP contribution in [0.2, 0.25) is 0 Å². The number of benzene rings is 1. The fraction of sp³-hybridized carbons (Fsp3) is 0.409. The molecule has 29 heavy (non-hydrogen) atoms. The molecule has 0 unspecified atom stereocenters. The standard InChI is InChI=1S/C22H25N5O2/c1-29-17-4-2-16(3-5-17)12-19(28)26-10-11-27(14-22(13-26)7-8-22)21-18-6-9-23-20(18)24-15-25-21/h2-6,9,15H,7-8,10-14H2,1H3,(H,23,24,25). The third-order valence-electron chi connectivity index (χ3n) is 6.15.